The Kier molecular flexibility index (Phi) is 5.01. The van der Waals surface area contributed by atoms with E-state index in [1.165, 1.54) is 29.1 Å². The molecule has 152 valence electrons. The van der Waals surface area contributed by atoms with E-state index in [9.17, 15) is 14.0 Å². The van der Waals surface area contributed by atoms with Crippen LogP contribution in [0.4, 0.5) is 10.2 Å². The first-order valence-electron chi connectivity index (χ1n) is 9.27. The van der Waals surface area contributed by atoms with Crippen molar-refractivity contribution in [2.75, 3.05) is 5.32 Å². The van der Waals surface area contributed by atoms with Crippen LogP contribution in [-0.2, 0) is 6.42 Å². The Bertz CT molecular complexity index is 1270. The molecule has 0 aliphatic rings. The highest BCUT2D eigenvalue weighted by atomic mass is 19.1. The fraction of sp³-hybridized carbons (Fsp3) is 0.143. The number of halogens is 1. The minimum atomic E-state index is -0.536. The molecule has 3 aromatic heterocycles. The van der Waals surface area contributed by atoms with Gasteiger partial charge in [-0.2, -0.15) is 9.78 Å². The van der Waals surface area contributed by atoms with Crippen LogP contribution in [0.25, 0.3) is 17.4 Å². The van der Waals surface area contributed by atoms with Crippen LogP contribution in [0.5, 0.6) is 0 Å². The lowest BCUT2D eigenvalue weighted by molar-refractivity contribution is 0.102. The molecule has 0 saturated carbocycles. The molecule has 0 atom stereocenters. The van der Waals surface area contributed by atoms with Gasteiger partial charge < -0.3 is 9.73 Å². The van der Waals surface area contributed by atoms with Crippen LogP contribution in [0.15, 0.2) is 57.9 Å². The monoisotopic (exact) mass is 407 g/mol. The molecule has 4 aromatic rings. The summed E-state index contributed by atoms with van der Waals surface area (Å²) in [5.41, 5.74) is 1.42. The van der Waals surface area contributed by atoms with Crippen LogP contribution >= 0.6 is 0 Å². The van der Waals surface area contributed by atoms with Gasteiger partial charge >= 0.3 is 0 Å². The number of carbonyl (C=O) groups is 1. The van der Waals surface area contributed by atoms with Crippen molar-refractivity contribution in [2.24, 2.45) is 0 Å². The number of nitrogens with zero attached hydrogens (tertiary/aromatic N) is 3. The van der Waals surface area contributed by atoms with E-state index in [-0.39, 0.29) is 22.9 Å². The van der Waals surface area contributed by atoms with Gasteiger partial charge in [-0.25, -0.2) is 9.37 Å². The number of nitrogens with one attached hydrogen (secondary N) is 2. The highest BCUT2D eigenvalue weighted by molar-refractivity contribution is 6.04. The number of hydrogen-bond acceptors (Lipinski definition) is 5. The molecule has 4 rings (SSSR count). The van der Waals surface area contributed by atoms with Crippen molar-refractivity contribution in [3.05, 3.63) is 81.7 Å². The normalized spacial score (nSPS) is 10.9. The molecule has 0 saturated heterocycles. The Labute approximate surface area is 170 Å². The standard InChI is InChI=1S/C21H18FN5O3/c1-3-15-12(2)23-21(25-20(15)29)27-18(11-16(26-27)17-8-5-9-30-17)24-19(28)13-6-4-7-14(22)10-13/h4-11H,3H2,1-2H3,(H,24,28)(H,23,25,29). The zero-order valence-corrected chi connectivity index (χ0v) is 16.3. The molecule has 0 radical (unpaired) electrons. The van der Waals surface area contributed by atoms with Crippen molar-refractivity contribution in [1.29, 1.82) is 0 Å². The molecule has 0 bridgehead atoms. The SMILES string of the molecule is CCc1c(C)nc(-n2nc(-c3ccco3)cc2NC(=O)c2cccc(F)c2)[nH]c1=O. The number of anilines is 1. The van der Waals surface area contributed by atoms with Crippen molar-refractivity contribution in [3.63, 3.8) is 0 Å². The van der Waals surface area contributed by atoms with Gasteiger partial charge in [-0.15, -0.1) is 0 Å². The molecule has 8 nitrogen and oxygen atoms in total. The zero-order valence-electron chi connectivity index (χ0n) is 16.3. The Balaban J connectivity index is 1.80. The van der Waals surface area contributed by atoms with Crippen molar-refractivity contribution < 1.29 is 13.6 Å². The topological polar surface area (TPSA) is 106 Å². The molecule has 0 aliphatic carbocycles. The fourth-order valence-corrected chi connectivity index (χ4v) is 3.11. The summed E-state index contributed by atoms with van der Waals surface area (Å²) in [5, 5.41) is 7.12. The summed E-state index contributed by atoms with van der Waals surface area (Å²) in [5.74, 6) is -0.209. The molecule has 9 heteroatoms. The van der Waals surface area contributed by atoms with Gasteiger partial charge in [0.25, 0.3) is 11.5 Å². The lowest BCUT2D eigenvalue weighted by Crippen LogP contribution is -2.22. The van der Waals surface area contributed by atoms with Crippen molar-refractivity contribution >= 4 is 11.7 Å². The number of H-pyrrole nitrogens is 1. The second-order valence-electron chi connectivity index (χ2n) is 6.58. The van der Waals surface area contributed by atoms with Crippen molar-refractivity contribution in [1.82, 2.24) is 19.7 Å². The molecule has 0 spiro atoms. The first kappa shape index (κ1) is 19.3. The molecule has 1 aromatic carbocycles. The highest BCUT2D eigenvalue weighted by Crippen LogP contribution is 2.24. The van der Waals surface area contributed by atoms with Crippen LogP contribution in [0.2, 0.25) is 0 Å². The number of furan rings is 1. The van der Waals surface area contributed by atoms with Gasteiger partial charge in [0.15, 0.2) is 5.76 Å². The number of aromatic nitrogens is 4. The van der Waals surface area contributed by atoms with Gasteiger partial charge in [-0.05, 0) is 43.7 Å². The molecule has 1 amide bonds. The Morgan fingerprint density at radius 2 is 2.10 bits per heavy atom. The minimum absolute atomic E-state index is 0.140. The second-order valence-corrected chi connectivity index (χ2v) is 6.58. The Morgan fingerprint density at radius 3 is 2.77 bits per heavy atom. The van der Waals surface area contributed by atoms with Crippen LogP contribution < -0.4 is 10.9 Å². The quantitative estimate of drug-likeness (QED) is 0.527. The first-order valence-corrected chi connectivity index (χ1v) is 9.27. The third kappa shape index (κ3) is 3.64. The molecule has 3 heterocycles. The molecular formula is C21H18FN5O3. The average molecular weight is 407 g/mol. The number of carbonyl (C=O) groups excluding carboxylic acids is 1. The van der Waals surface area contributed by atoms with E-state index in [4.69, 9.17) is 4.42 Å². The van der Waals surface area contributed by atoms with E-state index in [0.717, 1.165) is 6.07 Å². The fourth-order valence-electron chi connectivity index (χ4n) is 3.11. The van der Waals surface area contributed by atoms with Gasteiger partial charge in [0.05, 0.1) is 6.26 Å². The predicted octanol–water partition coefficient (Wildman–Crippen LogP) is 3.48. The van der Waals surface area contributed by atoms with Gasteiger partial charge in [0.1, 0.15) is 17.3 Å². The van der Waals surface area contributed by atoms with Gasteiger partial charge in [0.2, 0.25) is 5.95 Å². The summed E-state index contributed by atoms with van der Waals surface area (Å²) in [4.78, 5) is 32.2. The third-order valence-corrected chi connectivity index (χ3v) is 4.58. The number of aromatic amines is 1. The van der Waals surface area contributed by atoms with Crippen LogP contribution in [-0.4, -0.2) is 25.7 Å². The molecule has 0 aliphatic heterocycles. The molecule has 2 N–H and O–H groups in total. The minimum Gasteiger partial charge on any atom is -0.463 e. The van der Waals surface area contributed by atoms with E-state index in [0.29, 0.717) is 29.1 Å². The number of aryl methyl sites for hydroxylation is 1. The maximum Gasteiger partial charge on any atom is 0.256 e. The number of rotatable bonds is 5. The number of hydrogen-bond donors (Lipinski definition) is 2. The largest absolute Gasteiger partial charge is 0.463 e. The van der Waals surface area contributed by atoms with Crippen molar-refractivity contribution in [2.45, 2.75) is 20.3 Å². The molecular weight excluding hydrogens is 389 g/mol. The third-order valence-electron chi connectivity index (χ3n) is 4.58. The maximum absolute atomic E-state index is 13.5. The first-order chi connectivity index (χ1) is 14.5. The van der Waals surface area contributed by atoms with E-state index in [1.54, 1.807) is 25.1 Å². The zero-order chi connectivity index (χ0) is 21.3. The molecule has 0 unspecified atom stereocenters. The van der Waals surface area contributed by atoms with Crippen molar-refractivity contribution in [3.8, 4) is 17.4 Å². The lowest BCUT2D eigenvalue weighted by Gasteiger charge is -2.10. The van der Waals surface area contributed by atoms with Gasteiger partial charge in [-0.1, -0.05) is 13.0 Å². The van der Waals surface area contributed by atoms with Crippen LogP contribution in [0.1, 0.15) is 28.5 Å². The summed E-state index contributed by atoms with van der Waals surface area (Å²) >= 11 is 0. The van der Waals surface area contributed by atoms with Crippen LogP contribution in [0.3, 0.4) is 0 Å². The van der Waals surface area contributed by atoms with E-state index in [2.05, 4.69) is 20.4 Å². The van der Waals surface area contributed by atoms with Gasteiger partial charge in [-0.3, -0.25) is 14.6 Å². The number of benzene rings is 1. The summed E-state index contributed by atoms with van der Waals surface area (Å²) in [6.07, 6.45) is 2.04. The summed E-state index contributed by atoms with van der Waals surface area (Å²) in [6, 6.07) is 10.3. The van der Waals surface area contributed by atoms with E-state index < -0.39 is 11.7 Å². The average Bonchev–Trinajstić information content (AvgIpc) is 3.37. The smallest absolute Gasteiger partial charge is 0.256 e. The van der Waals surface area contributed by atoms with E-state index in [1.807, 2.05) is 6.92 Å². The maximum atomic E-state index is 13.5. The molecule has 30 heavy (non-hydrogen) atoms. The van der Waals surface area contributed by atoms with Crippen LogP contribution in [0, 0.1) is 12.7 Å². The Hall–Kier alpha value is -4.01. The summed E-state index contributed by atoms with van der Waals surface area (Å²) < 4.78 is 20.2. The highest BCUT2D eigenvalue weighted by Gasteiger charge is 2.18. The van der Waals surface area contributed by atoms with E-state index >= 15 is 0 Å². The van der Waals surface area contributed by atoms with Gasteiger partial charge in [0, 0.05) is 22.9 Å². The lowest BCUT2D eigenvalue weighted by atomic mass is 10.2. The predicted molar refractivity (Wildman–Crippen MR) is 108 cm³/mol. The summed E-state index contributed by atoms with van der Waals surface area (Å²) in [6.45, 7) is 3.60. The number of amides is 1. The summed E-state index contributed by atoms with van der Waals surface area (Å²) in [7, 11) is 0. The molecule has 0 fully saturated rings. The second kappa shape index (κ2) is 7.78. The Morgan fingerprint density at radius 1 is 1.27 bits per heavy atom.